The van der Waals surface area contributed by atoms with Gasteiger partial charge in [-0.3, -0.25) is 4.79 Å². The van der Waals surface area contributed by atoms with Gasteiger partial charge < -0.3 is 19.5 Å². The Bertz CT molecular complexity index is 1170. The van der Waals surface area contributed by atoms with Gasteiger partial charge in [-0.2, -0.15) is 0 Å². The molecule has 166 valence electrons. The number of hydrogen-bond acceptors (Lipinski definition) is 6. The number of fused-ring (bicyclic) bond motifs is 1. The molecule has 0 aliphatic rings. The van der Waals surface area contributed by atoms with Crippen molar-refractivity contribution in [3.05, 3.63) is 59.9 Å². The second-order valence-corrected chi connectivity index (χ2v) is 9.84. The minimum absolute atomic E-state index is 0.0164. The van der Waals surface area contributed by atoms with Gasteiger partial charge in [0.05, 0.1) is 24.2 Å². The fourth-order valence-electron chi connectivity index (χ4n) is 3.57. The van der Waals surface area contributed by atoms with Crippen LogP contribution in [0.4, 0.5) is 0 Å². The van der Waals surface area contributed by atoms with Gasteiger partial charge in [-0.25, -0.2) is 13.4 Å². The van der Waals surface area contributed by atoms with Gasteiger partial charge in [0.1, 0.15) is 23.9 Å². The number of rotatable bonds is 9. The third-order valence-corrected chi connectivity index (χ3v) is 5.82. The van der Waals surface area contributed by atoms with Crippen molar-refractivity contribution in [1.82, 2.24) is 19.8 Å². The highest BCUT2D eigenvalue weighted by molar-refractivity contribution is 7.89. The molecule has 0 aliphatic carbocycles. The van der Waals surface area contributed by atoms with Gasteiger partial charge >= 0.3 is 0 Å². The summed E-state index contributed by atoms with van der Waals surface area (Å²) in [4.78, 5) is 19.3. The van der Waals surface area contributed by atoms with Crippen molar-refractivity contribution >= 4 is 26.8 Å². The number of likely N-dealkylation sites (N-methyl/N-ethyl adjacent to an activating group) is 1. The van der Waals surface area contributed by atoms with Gasteiger partial charge in [-0.05, 0) is 32.3 Å². The summed E-state index contributed by atoms with van der Waals surface area (Å²) in [6, 6.07) is 14.9. The molecule has 1 N–H and O–H groups in total. The van der Waals surface area contributed by atoms with E-state index in [1.807, 2.05) is 61.5 Å². The number of aromatic nitrogens is 2. The molecule has 0 radical (unpaired) electrons. The SMILES string of the molecule is COc1ccccc1C(CNC(=O)Cn1c(CS(C)(=O)=O)nc2ccccc21)N(C)C. The van der Waals surface area contributed by atoms with Gasteiger partial charge in [-0.1, -0.05) is 30.3 Å². The summed E-state index contributed by atoms with van der Waals surface area (Å²) >= 11 is 0. The molecule has 1 heterocycles. The Balaban J connectivity index is 1.80. The van der Waals surface area contributed by atoms with E-state index in [1.165, 1.54) is 0 Å². The molecule has 1 aromatic heterocycles. The van der Waals surface area contributed by atoms with Crippen LogP contribution in [0.1, 0.15) is 17.4 Å². The highest BCUT2D eigenvalue weighted by Gasteiger charge is 2.21. The van der Waals surface area contributed by atoms with Gasteiger partial charge in [0.15, 0.2) is 9.84 Å². The average Bonchev–Trinajstić information content (AvgIpc) is 3.03. The molecular formula is C22H28N4O4S. The lowest BCUT2D eigenvalue weighted by Crippen LogP contribution is -2.36. The Kier molecular flexibility index (Phi) is 6.97. The van der Waals surface area contributed by atoms with Crippen LogP contribution in [0.15, 0.2) is 48.5 Å². The number of nitrogens with zero attached hydrogens (tertiary/aromatic N) is 3. The molecule has 0 bridgehead atoms. The maximum atomic E-state index is 12.8. The van der Waals surface area contributed by atoms with E-state index in [9.17, 15) is 13.2 Å². The molecule has 0 spiro atoms. The number of imidazole rings is 1. The minimum atomic E-state index is -3.30. The predicted octanol–water partition coefficient (Wildman–Crippen LogP) is 2.01. The zero-order valence-corrected chi connectivity index (χ0v) is 19.0. The number of ether oxygens (including phenoxy) is 1. The number of methoxy groups -OCH3 is 1. The zero-order valence-electron chi connectivity index (χ0n) is 18.2. The topological polar surface area (TPSA) is 93.5 Å². The van der Waals surface area contributed by atoms with Crippen molar-refractivity contribution in [3.63, 3.8) is 0 Å². The number of carbonyl (C=O) groups is 1. The fourth-order valence-corrected chi connectivity index (χ4v) is 4.26. The fraction of sp³-hybridized carbons (Fsp3) is 0.364. The van der Waals surface area contributed by atoms with E-state index in [1.54, 1.807) is 17.7 Å². The third-order valence-electron chi connectivity index (χ3n) is 5.04. The first-order chi connectivity index (χ1) is 14.7. The molecule has 0 aliphatic heterocycles. The molecule has 0 fully saturated rings. The van der Waals surface area contributed by atoms with Crippen LogP contribution in [0.3, 0.4) is 0 Å². The Morgan fingerprint density at radius 3 is 2.52 bits per heavy atom. The van der Waals surface area contributed by atoms with Crippen molar-refractivity contribution in [2.45, 2.75) is 18.3 Å². The van der Waals surface area contributed by atoms with Crippen LogP contribution in [0.25, 0.3) is 11.0 Å². The lowest BCUT2D eigenvalue weighted by molar-refractivity contribution is -0.121. The molecule has 1 amide bonds. The number of benzene rings is 2. The Morgan fingerprint density at radius 1 is 1.16 bits per heavy atom. The molecule has 0 saturated heterocycles. The summed E-state index contributed by atoms with van der Waals surface area (Å²) in [6.07, 6.45) is 1.16. The Morgan fingerprint density at radius 2 is 1.84 bits per heavy atom. The summed E-state index contributed by atoms with van der Waals surface area (Å²) in [7, 11) is 2.21. The first-order valence-electron chi connectivity index (χ1n) is 9.87. The highest BCUT2D eigenvalue weighted by atomic mass is 32.2. The first kappa shape index (κ1) is 22.8. The van der Waals surface area contributed by atoms with Crippen LogP contribution in [-0.2, 0) is 26.9 Å². The van der Waals surface area contributed by atoms with Gasteiger partial charge in [0, 0.05) is 18.4 Å². The number of hydrogen-bond donors (Lipinski definition) is 1. The summed E-state index contributed by atoms with van der Waals surface area (Å²) in [5, 5.41) is 2.97. The van der Waals surface area contributed by atoms with Crippen LogP contribution in [-0.4, -0.2) is 62.8 Å². The van der Waals surface area contributed by atoms with Gasteiger partial charge in [0.25, 0.3) is 0 Å². The van der Waals surface area contributed by atoms with Crippen molar-refractivity contribution < 1.29 is 17.9 Å². The molecule has 31 heavy (non-hydrogen) atoms. The average molecular weight is 445 g/mol. The Labute approximate surface area is 182 Å². The predicted molar refractivity (Wildman–Crippen MR) is 121 cm³/mol. The summed E-state index contributed by atoms with van der Waals surface area (Å²) in [5.74, 6) is 0.662. The molecule has 3 aromatic rings. The van der Waals surface area contributed by atoms with Gasteiger partial charge in [0.2, 0.25) is 5.91 Å². The number of amides is 1. The smallest absolute Gasteiger partial charge is 0.240 e. The van der Waals surface area contributed by atoms with Gasteiger partial charge in [-0.15, -0.1) is 0 Å². The number of carbonyl (C=O) groups excluding carboxylic acids is 1. The lowest BCUT2D eigenvalue weighted by Gasteiger charge is -2.26. The Hall–Kier alpha value is -2.91. The quantitative estimate of drug-likeness (QED) is 0.543. The third kappa shape index (κ3) is 5.62. The summed E-state index contributed by atoms with van der Waals surface area (Å²) < 4.78 is 30.8. The highest BCUT2D eigenvalue weighted by Crippen LogP contribution is 2.27. The largest absolute Gasteiger partial charge is 0.496 e. The monoisotopic (exact) mass is 444 g/mol. The lowest BCUT2D eigenvalue weighted by atomic mass is 10.0. The van der Waals surface area contributed by atoms with E-state index >= 15 is 0 Å². The molecule has 9 heteroatoms. The molecule has 0 saturated carbocycles. The molecular weight excluding hydrogens is 416 g/mol. The molecule has 2 aromatic carbocycles. The number of nitrogens with one attached hydrogen (secondary N) is 1. The van der Waals surface area contributed by atoms with E-state index in [0.29, 0.717) is 17.9 Å². The van der Waals surface area contributed by atoms with Crippen molar-refractivity contribution in [2.24, 2.45) is 0 Å². The van der Waals surface area contributed by atoms with Crippen LogP contribution < -0.4 is 10.1 Å². The summed E-state index contributed by atoms with van der Waals surface area (Å²) in [5.41, 5.74) is 2.36. The van der Waals surface area contributed by atoms with Crippen LogP contribution >= 0.6 is 0 Å². The molecule has 1 atom stereocenters. The first-order valence-corrected chi connectivity index (χ1v) is 11.9. The van der Waals surface area contributed by atoms with Crippen molar-refractivity contribution in [3.8, 4) is 5.75 Å². The van der Waals surface area contributed by atoms with E-state index in [-0.39, 0.29) is 24.2 Å². The van der Waals surface area contributed by atoms with E-state index < -0.39 is 9.84 Å². The standard InChI is InChI=1S/C22H28N4O4S/c1-25(2)19(16-9-5-8-12-20(16)30-3)13-23-22(27)14-26-18-11-7-6-10-17(18)24-21(26)15-31(4,28)29/h5-12,19H,13-15H2,1-4H3,(H,23,27). The molecule has 1 unspecified atom stereocenters. The van der Waals surface area contributed by atoms with E-state index in [2.05, 4.69) is 10.3 Å². The zero-order chi connectivity index (χ0) is 22.6. The second kappa shape index (κ2) is 9.49. The van der Waals surface area contributed by atoms with Crippen molar-refractivity contribution in [2.75, 3.05) is 34.0 Å². The van der Waals surface area contributed by atoms with E-state index in [4.69, 9.17) is 4.74 Å². The van der Waals surface area contributed by atoms with E-state index in [0.717, 1.165) is 23.1 Å². The summed E-state index contributed by atoms with van der Waals surface area (Å²) in [6.45, 7) is 0.359. The molecule has 8 nitrogen and oxygen atoms in total. The van der Waals surface area contributed by atoms with Crippen molar-refractivity contribution in [1.29, 1.82) is 0 Å². The second-order valence-electron chi connectivity index (χ2n) is 7.70. The normalized spacial score (nSPS) is 12.8. The maximum absolute atomic E-state index is 12.8. The maximum Gasteiger partial charge on any atom is 0.240 e. The molecule has 3 rings (SSSR count). The number of sulfone groups is 1. The minimum Gasteiger partial charge on any atom is -0.496 e. The number of para-hydroxylation sites is 3. The van der Waals surface area contributed by atoms with Crippen LogP contribution in [0, 0.1) is 0 Å². The van der Waals surface area contributed by atoms with Crippen LogP contribution in [0.5, 0.6) is 5.75 Å². The van der Waals surface area contributed by atoms with Crippen LogP contribution in [0.2, 0.25) is 0 Å².